The van der Waals surface area contributed by atoms with E-state index < -0.39 is 0 Å². The number of nitrogens with zero attached hydrogens (tertiary/aromatic N) is 2. The highest BCUT2D eigenvalue weighted by molar-refractivity contribution is 5.84. The van der Waals surface area contributed by atoms with E-state index in [0.717, 1.165) is 24.1 Å². The third-order valence-corrected chi connectivity index (χ3v) is 3.63. The molecule has 0 N–H and O–H groups in total. The number of anilines is 1. The minimum absolute atomic E-state index is 0.611. The molecule has 2 rings (SSSR count). The van der Waals surface area contributed by atoms with Gasteiger partial charge in [0.15, 0.2) is 6.29 Å². The van der Waals surface area contributed by atoms with Crippen LogP contribution >= 0.6 is 0 Å². The Morgan fingerprint density at radius 3 is 2.88 bits per heavy atom. The number of aldehydes is 1. The molecule has 1 aromatic carbocycles. The van der Waals surface area contributed by atoms with E-state index in [4.69, 9.17) is 0 Å². The van der Waals surface area contributed by atoms with Crippen molar-refractivity contribution < 1.29 is 4.79 Å². The zero-order valence-electron chi connectivity index (χ0n) is 10.6. The fraction of sp³-hybridized carbons (Fsp3) is 0.500. The normalized spacial score (nSPS) is 20.5. The van der Waals surface area contributed by atoms with Gasteiger partial charge >= 0.3 is 0 Å². The lowest BCUT2D eigenvalue weighted by Crippen LogP contribution is -2.36. The third-order valence-electron chi connectivity index (χ3n) is 3.63. The number of likely N-dealkylation sites (tertiary alicyclic amines) is 1. The minimum atomic E-state index is 0.611. The summed E-state index contributed by atoms with van der Waals surface area (Å²) in [5.41, 5.74) is 1.80. The van der Waals surface area contributed by atoms with Crippen LogP contribution in [0.3, 0.4) is 0 Å². The molecule has 3 heteroatoms. The lowest BCUT2D eigenvalue weighted by atomic mass is 10.1. The van der Waals surface area contributed by atoms with E-state index in [1.807, 2.05) is 24.3 Å². The molecule has 0 radical (unpaired) electrons. The van der Waals surface area contributed by atoms with Crippen molar-refractivity contribution in [2.45, 2.75) is 18.9 Å². The highest BCUT2D eigenvalue weighted by Gasteiger charge is 2.22. The van der Waals surface area contributed by atoms with Crippen LogP contribution in [0.1, 0.15) is 23.2 Å². The molecule has 1 atom stereocenters. The maximum absolute atomic E-state index is 11.0. The Hall–Kier alpha value is -1.35. The Balaban J connectivity index is 2.08. The molecule has 1 saturated heterocycles. The van der Waals surface area contributed by atoms with E-state index in [9.17, 15) is 4.79 Å². The van der Waals surface area contributed by atoms with Gasteiger partial charge in [0, 0.05) is 30.9 Å². The number of carbonyl (C=O) groups is 1. The fourth-order valence-electron chi connectivity index (χ4n) is 2.56. The standard InChI is InChI=1S/C14H20N2O/c1-15-9-5-7-13(15)10-16(2)14-8-4-3-6-12(14)11-17/h3-4,6,8,11,13H,5,7,9-10H2,1-2H3. The van der Waals surface area contributed by atoms with E-state index in [-0.39, 0.29) is 0 Å². The van der Waals surface area contributed by atoms with Crippen molar-refractivity contribution >= 4 is 12.0 Å². The van der Waals surface area contributed by atoms with Crippen LogP contribution in [0.15, 0.2) is 24.3 Å². The summed E-state index contributed by atoms with van der Waals surface area (Å²) in [6.07, 6.45) is 3.47. The van der Waals surface area contributed by atoms with Crippen molar-refractivity contribution in [2.75, 3.05) is 32.1 Å². The quantitative estimate of drug-likeness (QED) is 0.742. The van der Waals surface area contributed by atoms with Gasteiger partial charge in [-0.05, 0) is 38.6 Å². The molecule has 0 saturated carbocycles. The van der Waals surface area contributed by atoms with Gasteiger partial charge in [-0.3, -0.25) is 4.79 Å². The van der Waals surface area contributed by atoms with Crippen LogP contribution in [-0.4, -0.2) is 44.4 Å². The van der Waals surface area contributed by atoms with Gasteiger partial charge in [0.1, 0.15) is 0 Å². The zero-order valence-corrected chi connectivity index (χ0v) is 10.6. The molecular formula is C14H20N2O. The van der Waals surface area contributed by atoms with E-state index in [2.05, 4.69) is 23.9 Å². The number of carbonyl (C=O) groups excluding carboxylic acids is 1. The molecule has 1 heterocycles. The van der Waals surface area contributed by atoms with Crippen LogP contribution in [0.25, 0.3) is 0 Å². The second-order valence-electron chi connectivity index (χ2n) is 4.83. The van der Waals surface area contributed by atoms with Gasteiger partial charge in [-0.2, -0.15) is 0 Å². The van der Waals surface area contributed by atoms with Crippen LogP contribution < -0.4 is 4.90 Å². The number of benzene rings is 1. The van der Waals surface area contributed by atoms with Crippen molar-refractivity contribution in [3.8, 4) is 0 Å². The van der Waals surface area contributed by atoms with E-state index in [1.165, 1.54) is 19.4 Å². The average Bonchev–Trinajstić information content (AvgIpc) is 2.75. The molecule has 17 heavy (non-hydrogen) atoms. The maximum Gasteiger partial charge on any atom is 0.152 e. The summed E-state index contributed by atoms with van der Waals surface area (Å²) in [5.74, 6) is 0. The topological polar surface area (TPSA) is 23.6 Å². The van der Waals surface area contributed by atoms with Crippen molar-refractivity contribution in [1.29, 1.82) is 0 Å². The first-order valence-electron chi connectivity index (χ1n) is 6.18. The summed E-state index contributed by atoms with van der Waals surface area (Å²) in [6, 6.07) is 8.38. The second-order valence-corrected chi connectivity index (χ2v) is 4.83. The molecule has 1 aliphatic rings. The average molecular weight is 232 g/mol. The van der Waals surface area contributed by atoms with E-state index in [0.29, 0.717) is 6.04 Å². The van der Waals surface area contributed by atoms with Gasteiger partial charge in [0.05, 0.1) is 0 Å². The molecule has 92 valence electrons. The number of hydrogen-bond donors (Lipinski definition) is 0. The Kier molecular flexibility index (Phi) is 3.79. The molecular weight excluding hydrogens is 212 g/mol. The summed E-state index contributed by atoms with van der Waals surface area (Å²) >= 11 is 0. The Bertz CT molecular complexity index is 392. The lowest BCUT2D eigenvalue weighted by molar-refractivity contribution is 0.112. The maximum atomic E-state index is 11.0. The number of likely N-dealkylation sites (N-methyl/N-ethyl adjacent to an activating group) is 2. The minimum Gasteiger partial charge on any atom is -0.372 e. The molecule has 1 unspecified atom stereocenters. The first-order chi connectivity index (χ1) is 8.22. The van der Waals surface area contributed by atoms with Crippen molar-refractivity contribution in [3.05, 3.63) is 29.8 Å². The van der Waals surface area contributed by atoms with Crippen LogP contribution in [0.4, 0.5) is 5.69 Å². The SMILES string of the molecule is CN(CC1CCCN1C)c1ccccc1C=O. The number of rotatable bonds is 4. The first kappa shape index (κ1) is 12.1. The summed E-state index contributed by atoms with van der Waals surface area (Å²) < 4.78 is 0. The van der Waals surface area contributed by atoms with Gasteiger partial charge in [-0.1, -0.05) is 12.1 Å². The molecule has 0 aromatic heterocycles. The van der Waals surface area contributed by atoms with Crippen molar-refractivity contribution in [3.63, 3.8) is 0 Å². The van der Waals surface area contributed by atoms with Gasteiger partial charge in [-0.25, -0.2) is 0 Å². The second kappa shape index (κ2) is 5.32. The summed E-state index contributed by atoms with van der Waals surface area (Å²) in [7, 11) is 4.24. The predicted molar refractivity (Wildman–Crippen MR) is 70.8 cm³/mol. The third kappa shape index (κ3) is 2.67. The Morgan fingerprint density at radius 2 is 2.24 bits per heavy atom. The number of hydrogen-bond acceptors (Lipinski definition) is 3. The molecule has 3 nitrogen and oxygen atoms in total. The molecule has 0 bridgehead atoms. The van der Waals surface area contributed by atoms with Crippen LogP contribution in [-0.2, 0) is 0 Å². The largest absolute Gasteiger partial charge is 0.372 e. The predicted octanol–water partition coefficient (Wildman–Crippen LogP) is 2.03. The van der Waals surface area contributed by atoms with Gasteiger partial charge < -0.3 is 9.80 Å². The molecule has 0 spiro atoms. The summed E-state index contributed by atoms with van der Waals surface area (Å²) in [5, 5.41) is 0. The molecule has 1 aromatic rings. The van der Waals surface area contributed by atoms with Crippen LogP contribution in [0.2, 0.25) is 0 Å². The van der Waals surface area contributed by atoms with E-state index in [1.54, 1.807) is 0 Å². The van der Waals surface area contributed by atoms with Gasteiger partial charge in [0.2, 0.25) is 0 Å². The van der Waals surface area contributed by atoms with Crippen molar-refractivity contribution in [1.82, 2.24) is 4.90 Å². The Morgan fingerprint density at radius 1 is 1.47 bits per heavy atom. The molecule has 1 fully saturated rings. The monoisotopic (exact) mass is 232 g/mol. The lowest BCUT2D eigenvalue weighted by Gasteiger charge is -2.28. The molecule has 0 amide bonds. The Labute approximate surface area is 103 Å². The molecule has 1 aliphatic heterocycles. The van der Waals surface area contributed by atoms with Crippen molar-refractivity contribution in [2.24, 2.45) is 0 Å². The summed E-state index contributed by atoms with van der Waals surface area (Å²) in [6.45, 7) is 2.18. The highest BCUT2D eigenvalue weighted by atomic mass is 16.1. The zero-order chi connectivity index (χ0) is 12.3. The first-order valence-corrected chi connectivity index (χ1v) is 6.18. The van der Waals surface area contributed by atoms with Gasteiger partial charge in [0.25, 0.3) is 0 Å². The van der Waals surface area contributed by atoms with Crippen LogP contribution in [0.5, 0.6) is 0 Å². The van der Waals surface area contributed by atoms with Gasteiger partial charge in [-0.15, -0.1) is 0 Å². The fourth-order valence-corrected chi connectivity index (χ4v) is 2.56. The molecule has 0 aliphatic carbocycles. The summed E-state index contributed by atoms with van der Waals surface area (Å²) in [4.78, 5) is 15.6. The van der Waals surface area contributed by atoms with Crippen LogP contribution in [0, 0.1) is 0 Å². The van der Waals surface area contributed by atoms with E-state index >= 15 is 0 Å². The highest BCUT2D eigenvalue weighted by Crippen LogP contribution is 2.21. The number of para-hydroxylation sites is 1. The smallest absolute Gasteiger partial charge is 0.152 e.